The molecule has 1 aromatic heterocycles. The summed E-state index contributed by atoms with van der Waals surface area (Å²) in [5.41, 5.74) is 2.21. The van der Waals surface area contributed by atoms with Gasteiger partial charge < -0.3 is 10.1 Å². The molecule has 0 aliphatic rings. The molecule has 0 fully saturated rings. The van der Waals surface area contributed by atoms with Crippen LogP contribution in [-0.2, 0) is 0 Å². The fourth-order valence-corrected chi connectivity index (χ4v) is 3.26. The van der Waals surface area contributed by atoms with E-state index in [4.69, 9.17) is 4.74 Å². The van der Waals surface area contributed by atoms with Gasteiger partial charge in [0.1, 0.15) is 5.75 Å². The number of hydrogen-bond donors (Lipinski definition) is 1. The molecule has 1 N–H and O–H groups in total. The molecule has 0 amide bonds. The SMILES string of the molecule is CCNC(c1ccccc1OCC)c1snnc1C(C)C. The molecule has 2 rings (SSSR count). The normalized spacial score (nSPS) is 12.6. The first-order chi connectivity index (χ1) is 10.2. The van der Waals surface area contributed by atoms with Crippen molar-refractivity contribution in [1.82, 2.24) is 14.9 Å². The van der Waals surface area contributed by atoms with E-state index in [1.165, 1.54) is 16.4 Å². The monoisotopic (exact) mass is 305 g/mol. The first kappa shape index (κ1) is 15.9. The van der Waals surface area contributed by atoms with Crippen LogP contribution in [0.5, 0.6) is 5.75 Å². The first-order valence-corrected chi connectivity index (χ1v) is 8.23. The van der Waals surface area contributed by atoms with Crippen LogP contribution >= 0.6 is 11.5 Å². The van der Waals surface area contributed by atoms with E-state index in [1.807, 2.05) is 25.1 Å². The number of para-hydroxylation sites is 1. The zero-order valence-corrected chi connectivity index (χ0v) is 13.9. The molecule has 0 saturated carbocycles. The Morgan fingerprint density at radius 3 is 2.67 bits per heavy atom. The Morgan fingerprint density at radius 2 is 2.00 bits per heavy atom. The van der Waals surface area contributed by atoms with Crippen LogP contribution in [-0.4, -0.2) is 22.7 Å². The molecule has 0 aliphatic heterocycles. The Labute approximate surface area is 130 Å². The van der Waals surface area contributed by atoms with Crippen LogP contribution < -0.4 is 10.1 Å². The summed E-state index contributed by atoms with van der Waals surface area (Å²) in [6.07, 6.45) is 0. The minimum Gasteiger partial charge on any atom is -0.494 e. The highest BCUT2D eigenvalue weighted by atomic mass is 32.1. The summed E-state index contributed by atoms with van der Waals surface area (Å²) in [4.78, 5) is 1.18. The largest absolute Gasteiger partial charge is 0.494 e. The third kappa shape index (κ3) is 3.60. The van der Waals surface area contributed by atoms with Gasteiger partial charge in [0.25, 0.3) is 0 Å². The highest BCUT2D eigenvalue weighted by Crippen LogP contribution is 2.35. The van der Waals surface area contributed by atoms with Crippen LogP contribution in [0, 0.1) is 0 Å². The van der Waals surface area contributed by atoms with Crippen molar-refractivity contribution in [2.45, 2.75) is 39.7 Å². The maximum Gasteiger partial charge on any atom is 0.124 e. The van der Waals surface area contributed by atoms with Gasteiger partial charge in [-0.25, -0.2) is 0 Å². The van der Waals surface area contributed by atoms with Gasteiger partial charge in [-0.2, -0.15) is 0 Å². The summed E-state index contributed by atoms with van der Waals surface area (Å²) >= 11 is 1.47. The van der Waals surface area contributed by atoms with Crippen LogP contribution in [0.3, 0.4) is 0 Å². The van der Waals surface area contributed by atoms with Gasteiger partial charge in [-0.1, -0.05) is 43.5 Å². The predicted molar refractivity (Wildman–Crippen MR) is 87.1 cm³/mol. The molecular formula is C16H23N3OS. The molecule has 0 spiro atoms. The average Bonchev–Trinajstić information content (AvgIpc) is 2.95. The summed E-state index contributed by atoms with van der Waals surface area (Å²) in [6, 6.07) is 8.27. The molecule has 2 aromatic rings. The van der Waals surface area contributed by atoms with E-state index in [0.717, 1.165) is 23.6 Å². The lowest BCUT2D eigenvalue weighted by Gasteiger charge is -2.21. The summed E-state index contributed by atoms with van der Waals surface area (Å²) in [7, 11) is 0. The topological polar surface area (TPSA) is 47.0 Å². The smallest absolute Gasteiger partial charge is 0.124 e. The van der Waals surface area contributed by atoms with Crippen molar-refractivity contribution in [3.05, 3.63) is 40.4 Å². The second-order valence-corrected chi connectivity index (χ2v) is 5.92. The number of hydrogen-bond acceptors (Lipinski definition) is 5. The Kier molecular flexibility index (Phi) is 5.70. The quantitative estimate of drug-likeness (QED) is 0.846. The van der Waals surface area contributed by atoms with Crippen molar-refractivity contribution in [2.75, 3.05) is 13.2 Å². The summed E-state index contributed by atoms with van der Waals surface area (Å²) < 4.78 is 9.95. The molecule has 0 saturated heterocycles. The predicted octanol–water partition coefficient (Wildman–Crippen LogP) is 3.76. The number of ether oxygens (including phenoxy) is 1. The van der Waals surface area contributed by atoms with Crippen LogP contribution in [0.4, 0.5) is 0 Å². The van der Waals surface area contributed by atoms with Gasteiger partial charge in [-0.05, 0) is 37.0 Å². The molecule has 21 heavy (non-hydrogen) atoms. The molecule has 0 aliphatic carbocycles. The molecule has 5 heteroatoms. The van der Waals surface area contributed by atoms with Crippen molar-refractivity contribution in [3.8, 4) is 5.75 Å². The van der Waals surface area contributed by atoms with E-state index >= 15 is 0 Å². The van der Waals surface area contributed by atoms with Crippen LogP contribution in [0.1, 0.15) is 55.8 Å². The summed E-state index contributed by atoms with van der Waals surface area (Å²) in [5, 5.41) is 7.85. The maximum absolute atomic E-state index is 5.79. The van der Waals surface area contributed by atoms with Crippen molar-refractivity contribution < 1.29 is 4.74 Å². The minimum atomic E-state index is 0.0788. The molecule has 0 radical (unpaired) electrons. The van der Waals surface area contributed by atoms with Crippen molar-refractivity contribution >= 4 is 11.5 Å². The van der Waals surface area contributed by atoms with Gasteiger partial charge in [0, 0.05) is 5.56 Å². The van der Waals surface area contributed by atoms with Gasteiger partial charge in [0.2, 0.25) is 0 Å². The van der Waals surface area contributed by atoms with Crippen molar-refractivity contribution in [3.63, 3.8) is 0 Å². The van der Waals surface area contributed by atoms with Crippen molar-refractivity contribution in [2.24, 2.45) is 0 Å². The molecule has 1 heterocycles. The van der Waals surface area contributed by atoms with E-state index in [2.05, 4.69) is 41.7 Å². The van der Waals surface area contributed by atoms with Gasteiger partial charge in [-0.3, -0.25) is 0 Å². The lowest BCUT2D eigenvalue weighted by molar-refractivity contribution is 0.333. The lowest BCUT2D eigenvalue weighted by atomic mass is 9.99. The Balaban J connectivity index is 2.46. The molecule has 4 nitrogen and oxygen atoms in total. The van der Waals surface area contributed by atoms with E-state index in [-0.39, 0.29) is 6.04 Å². The number of benzene rings is 1. The third-order valence-electron chi connectivity index (χ3n) is 3.29. The Bertz CT molecular complexity index is 568. The number of rotatable bonds is 7. The van der Waals surface area contributed by atoms with E-state index < -0.39 is 0 Å². The Morgan fingerprint density at radius 1 is 1.24 bits per heavy atom. The fourth-order valence-electron chi connectivity index (χ4n) is 2.36. The van der Waals surface area contributed by atoms with Crippen LogP contribution in [0.2, 0.25) is 0 Å². The van der Waals surface area contributed by atoms with E-state index in [1.54, 1.807) is 0 Å². The average molecular weight is 305 g/mol. The van der Waals surface area contributed by atoms with Gasteiger partial charge in [0.05, 0.1) is 23.2 Å². The fraction of sp³-hybridized carbons (Fsp3) is 0.500. The molecule has 0 bridgehead atoms. The van der Waals surface area contributed by atoms with Crippen LogP contribution in [0.25, 0.3) is 0 Å². The van der Waals surface area contributed by atoms with Gasteiger partial charge in [-0.15, -0.1) is 5.10 Å². The van der Waals surface area contributed by atoms with Crippen molar-refractivity contribution in [1.29, 1.82) is 0 Å². The molecule has 1 unspecified atom stereocenters. The highest BCUT2D eigenvalue weighted by molar-refractivity contribution is 7.05. The van der Waals surface area contributed by atoms with Gasteiger partial charge >= 0.3 is 0 Å². The summed E-state index contributed by atoms with van der Waals surface area (Å²) in [5.74, 6) is 1.29. The Hall–Kier alpha value is -1.46. The number of aromatic nitrogens is 2. The molecule has 1 aromatic carbocycles. The molecule has 114 valence electrons. The van der Waals surface area contributed by atoms with E-state index in [0.29, 0.717) is 12.5 Å². The maximum atomic E-state index is 5.79. The standard InChI is InChI=1S/C16H23N3OS/c1-5-17-15(16-14(11(3)4)18-19-21-16)12-9-7-8-10-13(12)20-6-2/h7-11,15,17H,5-6H2,1-4H3. The number of nitrogens with zero attached hydrogens (tertiary/aromatic N) is 2. The second kappa shape index (κ2) is 7.52. The van der Waals surface area contributed by atoms with Crippen LogP contribution in [0.15, 0.2) is 24.3 Å². The number of nitrogens with one attached hydrogen (secondary N) is 1. The highest BCUT2D eigenvalue weighted by Gasteiger charge is 2.24. The van der Waals surface area contributed by atoms with Gasteiger partial charge in [0.15, 0.2) is 0 Å². The molecular weight excluding hydrogens is 282 g/mol. The van der Waals surface area contributed by atoms with E-state index in [9.17, 15) is 0 Å². The second-order valence-electron chi connectivity index (χ2n) is 5.14. The molecule has 1 atom stereocenters. The zero-order chi connectivity index (χ0) is 15.2. The minimum absolute atomic E-state index is 0.0788. The summed E-state index contributed by atoms with van der Waals surface area (Å²) in [6.45, 7) is 9.95. The lowest BCUT2D eigenvalue weighted by Crippen LogP contribution is -2.23. The third-order valence-corrected chi connectivity index (χ3v) is 4.09. The zero-order valence-electron chi connectivity index (χ0n) is 13.1. The first-order valence-electron chi connectivity index (χ1n) is 7.46.